The van der Waals surface area contributed by atoms with E-state index in [1.54, 1.807) is 0 Å². The molecule has 0 aromatic rings. The van der Waals surface area contributed by atoms with Gasteiger partial charge in [0.2, 0.25) is 0 Å². The Kier molecular flexibility index (Phi) is 1.60. The van der Waals surface area contributed by atoms with E-state index in [-0.39, 0.29) is 0 Å². The summed E-state index contributed by atoms with van der Waals surface area (Å²) < 4.78 is 0.958. The van der Waals surface area contributed by atoms with Crippen LogP contribution in [0.1, 0.15) is 6.92 Å². The lowest BCUT2D eigenvalue weighted by molar-refractivity contribution is -0.870. The van der Waals surface area contributed by atoms with Crippen molar-refractivity contribution in [2.45, 2.75) is 13.1 Å². The van der Waals surface area contributed by atoms with Gasteiger partial charge < -0.3 is 0 Å². The molecule has 1 saturated heterocycles. The van der Waals surface area contributed by atoms with Crippen LogP contribution in [0, 0.1) is 0 Å². The van der Waals surface area contributed by atoms with Crippen molar-refractivity contribution in [1.82, 2.24) is 5.32 Å². The standard InChI is InChI=1S/C7H15N2/c1-4-9(3)6-5-8-7(9)2/h4,7-8H,1,5-6H2,2-3H3/q+1. The Morgan fingerprint density at radius 3 is 2.67 bits per heavy atom. The normalized spacial score (nSPS) is 43.1. The molecule has 0 radical (unpaired) electrons. The average molecular weight is 127 g/mol. The van der Waals surface area contributed by atoms with Crippen LogP contribution >= 0.6 is 0 Å². The largest absolute Gasteiger partial charge is 0.285 e. The zero-order valence-corrected chi connectivity index (χ0v) is 6.22. The van der Waals surface area contributed by atoms with Gasteiger partial charge in [0.25, 0.3) is 0 Å². The fourth-order valence-electron chi connectivity index (χ4n) is 1.17. The van der Waals surface area contributed by atoms with Gasteiger partial charge in [-0.25, -0.2) is 0 Å². The van der Waals surface area contributed by atoms with Crippen molar-refractivity contribution in [3.63, 3.8) is 0 Å². The van der Waals surface area contributed by atoms with Crippen molar-refractivity contribution in [3.05, 3.63) is 12.8 Å². The van der Waals surface area contributed by atoms with E-state index < -0.39 is 0 Å². The lowest BCUT2D eigenvalue weighted by Gasteiger charge is -2.28. The average Bonchev–Trinajstić information content (AvgIpc) is 2.15. The number of quaternary nitrogens is 1. The molecule has 1 rings (SSSR count). The first kappa shape index (κ1) is 6.78. The summed E-state index contributed by atoms with van der Waals surface area (Å²) in [6.07, 6.45) is 2.55. The molecular weight excluding hydrogens is 112 g/mol. The molecule has 0 aromatic carbocycles. The quantitative estimate of drug-likeness (QED) is 0.506. The van der Waals surface area contributed by atoms with Gasteiger partial charge in [0.05, 0.1) is 26.3 Å². The van der Waals surface area contributed by atoms with Gasteiger partial charge >= 0.3 is 0 Å². The van der Waals surface area contributed by atoms with E-state index in [1.807, 2.05) is 6.20 Å². The second-order valence-electron chi connectivity index (χ2n) is 2.88. The predicted octanol–water partition coefficient (Wildman–Crippen LogP) is 0.526. The lowest BCUT2D eigenvalue weighted by atomic mass is 10.4. The van der Waals surface area contributed by atoms with Crippen molar-refractivity contribution in [2.75, 3.05) is 20.1 Å². The van der Waals surface area contributed by atoms with E-state index in [4.69, 9.17) is 0 Å². The Hall–Kier alpha value is -0.340. The highest BCUT2D eigenvalue weighted by Crippen LogP contribution is 2.12. The highest BCUT2D eigenvalue weighted by molar-refractivity contribution is 4.66. The van der Waals surface area contributed by atoms with Crippen LogP contribution in [0.2, 0.25) is 0 Å². The van der Waals surface area contributed by atoms with Gasteiger partial charge in [-0.2, -0.15) is 0 Å². The van der Waals surface area contributed by atoms with Crippen molar-refractivity contribution in [2.24, 2.45) is 0 Å². The van der Waals surface area contributed by atoms with Crippen molar-refractivity contribution >= 4 is 0 Å². The predicted molar refractivity (Wildman–Crippen MR) is 38.7 cm³/mol. The molecule has 1 aliphatic heterocycles. The first-order chi connectivity index (χ1) is 4.19. The van der Waals surface area contributed by atoms with Crippen molar-refractivity contribution in [3.8, 4) is 0 Å². The maximum absolute atomic E-state index is 3.80. The van der Waals surface area contributed by atoms with Gasteiger partial charge in [-0.1, -0.05) is 0 Å². The first-order valence-electron chi connectivity index (χ1n) is 3.41. The van der Waals surface area contributed by atoms with Gasteiger partial charge in [-0.3, -0.25) is 9.80 Å². The summed E-state index contributed by atoms with van der Waals surface area (Å²) in [6.45, 7) is 8.27. The van der Waals surface area contributed by atoms with Crippen LogP contribution in [0.25, 0.3) is 0 Å². The highest BCUT2D eigenvalue weighted by atomic mass is 15.5. The summed E-state index contributed by atoms with van der Waals surface area (Å²) >= 11 is 0. The maximum Gasteiger partial charge on any atom is 0.144 e. The molecule has 9 heavy (non-hydrogen) atoms. The molecule has 52 valence electrons. The monoisotopic (exact) mass is 127 g/mol. The Labute approximate surface area is 56.8 Å². The van der Waals surface area contributed by atoms with E-state index >= 15 is 0 Å². The van der Waals surface area contributed by atoms with Crippen LogP contribution in [0.3, 0.4) is 0 Å². The number of hydrogen-bond acceptors (Lipinski definition) is 1. The topological polar surface area (TPSA) is 12.0 Å². The van der Waals surface area contributed by atoms with Crippen LogP contribution in [0.4, 0.5) is 0 Å². The van der Waals surface area contributed by atoms with Crippen LogP contribution in [0.15, 0.2) is 12.8 Å². The molecule has 1 N–H and O–H groups in total. The number of likely N-dealkylation sites (N-methyl/N-ethyl adjacent to an activating group) is 1. The van der Waals surface area contributed by atoms with Crippen LogP contribution in [0.5, 0.6) is 0 Å². The van der Waals surface area contributed by atoms with E-state index in [2.05, 4.69) is 25.9 Å². The van der Waals surface area contributed by atoms with Gasteiger partial charge in [0.15, 0.2) is 0 Å². The Balaban J connectivity index is 2.66. The Morgan fingerprint density at radius 2 is 2.44 bits per heavy atom. The van der Waals surface area contributed by atoms with E-state index in [9.17, 15) is 0 Å². The second-order valence-corrected chi connectivity index (χ2v) is 2.88. The molecular formula is C7H15N2+. The summed E-state index contributed by atoms with van der Waals surface area (Å²) in [4.78, 5) is 0. The molecule has 0 amide bonds. The molecule has 0 spiro atoms. The lowest BCUT2D eigenvalue weighted by Crippen LogP contribution is -2.44. The molecule has 2 atom stereocenters. The third-order valence-electron chi connectivity index (χ3n) is 2.34. The van der Waals surface area contributed by atoms with Gasteiger partial charge in [0.1, 0.15) is 6.17 Å². The van der Waals surface area contributed by atoms with Crippen LogP contribution in [-0.4, -0.2) is 30.8 Å². The zero-order valence-electron chi connectivity index (χ0n) is 6.22. The summed E-state index contributed by atoms with van der Waals surface area (Å²) in [5, 5.41) is 3.36. The summed E-state index contributed by atoms with van der Waals surface area (Å²) in [6, 6.07) is 0. The minimum Gasteiger partial charge on any atom is -0.285 e. The van der Waals surface area contributed by atoms with Crippen LogP contribution < -0.4 is 5.32 Å². The molecule has 2 nitrogen and oxygen atoms in total. The molecule has 0 aromatic heterocycles. The van der Waals surface area contributed by atoms with Crippen molar-refractivity contribution < 1.29 is 4.48 Å². The number of nitrogens with one attached hydrogen (secondary N) is 1. The molecule has 0 bridgehead atoms. The third kappa shape index (κ3) is 1.00. The molecule has 2 unspecified atom stereocenters. The fraction of sp³-hybridized carbons (Fsp3) is 0.714. The minimum atomic E-state index is 0.544. The first-order valence-corrected chi connectivity index (χ1v) is 3.41. The zero-order chi connectivity index (χ0) is 6.91. The van der Waals surface area contributed by atoms with Gasteiger partial charge in [-0.15, -0.1) is 0 Å². The highest BCUT2D eigenvalue weighted by Gasteiger charge is 2.31. The molecule has 0 saturated carbocycles. The second kappa shape index (κ2) is 2.12. The van der Waals surface area contributed by atoms with Gasteiger partial charge in [-0.05, 0) is 6.58 Å². The number of hydrogen-bond donors (Lipinski definition) is 1. The molecule has 0 aliphatic carbocycles. The van der Waals surface area contributed by atoms with Crippen molar-refractivity contribution in [1.29, 1.82) is 0 Å². The van der Waals surface area contributed by atoms with E-state index in [0.717, 1.165) is 11.0 Å². The molecule has 1 heterocycles. The summed E-state index contributed by atoms with van der Waals surface area (Å²) in [5.74, 6) is 0. The fourth-order valence-corrected chi connectivity index (χ4v) is 1.17. The van der Waals surface area contributed by atoms with Crippen LogP contribution in [-0.2, 0) is 0 Å². The Morgan fingerprint density at radius 1 is 1.78 bits per heavy atom. The molecule has 1 aliphatic rings. The molecule has 1 fully saturated rings. The third-order valence-corrected chi connectivity index (χ3v) is 2.34. The van der Waals surface area contributed by atoms with E-state index in [0.29, 0.717) is 6.17 Å². The number of rotatable bonds is 1. The Bertz CT molecular complexity index is 122. The smallest absolute Gasteiger partial charge is 0.144 e. The SMILES string of the molecule is C=C[N+]1(C)CCNC1C. The summed E-state index contributed by atoms with van der Waals surface area (Å²) in [7, 11) is 2.19. The molecule has 2 heteroatoms. The maximum atomic E-state index is 3.80. The van der Waals surface area contributed by atoms with Gasteiger partial charge in [0, 0.05) is 6.92 Å². The number of nitrogens with zero attached hydrogens (tertiary/aromatic N) is 1. The minimum absolute atomic E-state index is 0.544. The summed E-state index contributed by atoms with van der Waals surface area (Å²) in [5.41, 5.74) is 0. The van der Waals surface area contributed by atoms with E-state index in [1.165, 1.54) is 6.54 Å².